The fourth-order valence-corrected chi connectivity index (χ4v) is 1.80. The monoisotopic (exact) mass is 288 g/mol. The zero-order valence-electron chi connectivity index (χ0n) is 11.7. The zero-order chi connectivity index (χ0) is 15.2. The van der Waals surface area contributed by atoms with E-state index in [1.165, 1.54) is 12.1 Å². The quantitative estimate of drug-likeness (QED) is 0.828. The third-order valence-corrected chi connectivity index (χ3v) is 2.80. The SMILES string of the molecule is CCCOc1cccc(NC(=O)c2ccc(N)cc2F)c1. The molecule has 21 heavy (non-hydrogen) atoms. The molecule has 0 aromatic heterocycles. The van der Waals surface area contributed by atoms with Gasteiger partial charge in [0.25, 0.3) is 5.91 Å². The lowest BCUT2D eigenvalue weighted by Gasteiger charge is -2.09. The van der Waals surface area contributed by atoms with Gasteiger partial charge in [0.05, 0.1) is 12.2 Å². The van der Waals surface area contributed by atoms with Gasteiger partial charge in [0.2, 0.25) is 0 Å². The molecule has 0 spiro atoms. The molecule has 0 fully saturated rings. The van der Waals surface area contributed by atoms with Gasteiger partial charge in [-0.3, -0.25) is 4.79 Å². The van der Waals surface area contributed by atoms with E-state index < -0.39 is 11.7 Å². The van der Waals surface area contributed by atoms with Gasteiger partial charge in [-0.15, -0.1) is 0 Å². The second-order valence-corrected chi connectivity index (χ2v) is 4.57. The molecule has 0 aliphatic rings. The van der Waals surface area contributed by atoms with Gasteiger partial charge in [0.1, 0.15) is 11.6 Å². The van der Waals surface area contributed by atoms with E-state index in [-0.39, 0.29) is 11.3 Å². The average Bonchev–Trinajstić information content (AvgIpc) is 2.45. The van der Waals surface area contributed by atoms with Crippen molar-refractivity contribution < 1.29 is 13.9 Å². The molecule has 5 heteroatoms. The van der Waals surface area contributed by atoms with Crippen LogP contribution in [0.15, 0.2) is 42.5 Å². The second kappa shape index (κ2) is 6.74. The maximum Gasteiger partial charge on any atom is 0.258 e. The Morgan fingerprint density at radius 1 is 1.29 bits per heavy atom. The van der Waals surface area contributed by atoms with Gasteiger partial charge in [-0.25, -0.2) is 4.39 Å². The minimum absolute atomic E-state index is 0.0518. The smallest absolute Gasteiger partial charge is 0.258 e. The van der Waals surface area contributed by atoms with Gasteiger partial charge in [0, 0.05) is 17.4 Å². The fourth-order valence-electron chi connectivity index (χ4n) is 1.80. The van der Waals surface area contributed by atoms with E-state index in [1.807, 2.05) is 6.92 Å². The first-order valence-corrected chi connectivity index (χ1v) is 6.69. The normalized spacial score (nSPS) is 10.2. The van der Waals surface area contributed by atoms with Crippen LogP contribution in [-0.4, -0.2) is 12.5 Å². The van der Waals surface area contributed by atoms with Crippen LogP contribution in [0.3, 0.4) is 0 Å². The van der Waals surface area contributed by atoms with Crippen molar-refractivity contribution in [2.75, 3.05) is 17.7 Å². The van der Waals surface area contributed by atoms with E-state index in [1.54, 1.807) is 24.3 Å². The maximum atomic E-state index is 13.7. The Morgan fingerprint density at radius 2 is 2.10 bits per heavy atom. The van der Waals surface area contributed by atoms with Crippen LogP contribution in [0.1, 0.15) is 23.7 Å². The number of amides is 1. The number of rotatable bonds is 5. The van der Waals surface area contributed by atoms with Crippen molar-refractivity contribution in [1.29, 1.82) is 0 Å². The molecule has 0 unspecified atom stereocenters. The molecule has 2 aromatic carbocycles. The van der Waals surface area contributed by atoms with Gasteiger partial charge in [-0.1, -0.05) is 13.0 Å². The Morgan fingerprint density at radius 3 is 2.81 bits per heavy atom. The Bertz CT molecular complexity index is 644. The number of nitrogens with one attached hydrogen (secondary N) is 1. The zero-order valence-corrected chi connectivity index (χ0v) is 11.7. The van der Waals surface area contributed by atoms with Crippen molar-refractivity contribution in [2.45, 2.75) is 13.3 Å². The third-order valence-electron chi connectivity index (χ3n) is 2.80. The van der Waals surface area contributed by atoms with Crippen LogP contribution < -0.4 is 15.8 Å². The van der Waals surface area contributed by atoms with Crippen LogP contribution in [0, 0.1) is 5.82 Å². The Labute approximate surface area is 122 Å². The predicted molar refractivity (Wildman–Crippen MR) is 81.0 cm³/mol. The third kappa shape index (κ3) is 3.95. The van der Waals surface area contributed by atoms with E-state index in [4.69, 9.17) is 10.5 Å². The van der Waals surface area contributed by atoms with Crippen molar-refractivity contribution in [2.24, 2.45) is 0 Å². The van der Waals surface area contributed by atoms with E-state index >= 15 is 0 Å². The number of benzene rings is 2. The molecule has 0 radical (unpaired) electrons. The standard InChI is InChI=1S/C16H17FN2O2/c1-2-8-21-13-5-3-4-12(10-13)19-16(20)14-7-6-11(18)9-15(14)17/h3-7,9-10H,2,8,18H2,1H3,(H,19,20). The Balaban J connectivity index is 2.12. The van der Waals surface area contributed by atoms with Gasteiger partial charge in [0.15, 0.2) is 0 Å². The molecule has 4 nitrogen and oxygen atoms in total. The molecule has 0 aliphatic carbocycles. The molecule has 0 aliphatic heterocycles. The molecule has 2 aromatic rings. The van der Waals surface area contributed by atoms with Crippen molar-refractivity contribution in [3.05, 3.63) is 53.8 Å². The van der Waals surface area contributed by atoms with Gasteiger partial charge < -0.3 is 15.8 Å². The largest absolute Gasteiger partial charge is 0.494 e. The van der Waals surface area contributed by atoms with Gasteiger partial charge >= 0.3 is 0 Å². The second-order valence-electron chi connectivity index (χ2n) is 4.57. The Kier molecular flexibility index (Phi) is 4.77. The molecule has 0 saturated carbocycles. The lowest BCUT2D eigenvalue weighted by molar-refractivity contribution is 0.102. The summed E-state index contributed by atoms with van der Waals surface area (Å²) in [5.41, 5.74) is 6.23. The van der Waals surface area contributed by atoms with Crippen LogP contribution in [0.4, 0.5) is 15.8 Å². The highest BCUT2D eigenvalue weighted by Gasteiger charge is 2.12. The summed E-state index contributed by atoms with van der Waals surface area (Å²) in [6.07, 6.45) is 0.896. The predicted octanol–water partition coefficient (Wildman–Crippen LogP) is 3.45. The highest BCUT2D eigenvalue weighted by molar-refractivity contribution is 6.04. The molecule has 0 saturated heterocycles. The van der Waals surface area contributed by atoms with Crippen molar-refractivity contribution >= 4 is 17.3 Å². The molecule has 0 bridgehead atoms. The summed E-state index contributed by atoms with van der Waals surface area (Å²) in [6.45, 7) is 2.61. The first-order chi connectivity index (χ1) is 10.1. The fraction of sp³-hybridized carbons (Fsp3) is 0.188. The average molecular weight is 288 g/mol. The lowest BCUT2D eigenvalue weighted by atomic mass is 10.1. The van der Waals surface area contributed by atoms with Crippen LogP contribution in [0.25, 0.3) is 0 Å². The maximum absolute atomic E-state index is 13.7. The summed E-state index contributed by atoms with van der Waals surface area (Å²) >= 11 is 0. The number of ether oxygens (including phenoxy) is 1. The molecular weight excluding hydrogens is 271 g/mol. The summed E-state index contributed by atoms with van der Waals surface area (Å²) in [7, 11) is 0. The highest BCUT2D eigenvalue weighted by atomic mass is 19.1. The summed E-state index contributed by atoms with van der Waals surface area (Å²) in [6, 6.07) is 10.9. The molecule has 0 heterocycles. The molecule has 0 atom stereocenters. The van der Waals surface area contributed by atoms with Crippen molar-refractivity contribution in [3.8, 4) is 5.75 Å². The molecule has 2 rings (SSSR count). The van der Waals surface area contributed by atoms with E-state index in [2.05, 4.69) is 5.32 Å². The minimum Gasteiger partial charge on any atom is -0.494 e. The van der Waals surface area contributed by atoms with Crippen LogP contribution in [0.2, 0.25) is 0 Å². The first-order valence-electron chi connectivity index (χ1n) is 6.69. The number of halogens is 1. The number of anilines is 2. The Hall–Kier alpha value is -2.56. The number of carbonyl (C=O) groups excluding carboxylic acids is 1. The number of nitrogens with two attached hydrogens (primary N) is 1. The number of hydrogen-bond donors (Lipinski definition) is 2. The molecule has 3 N–H and O–H groups in total. The summed E-state index contributed by atoms with van der Waals surface area (Å²) in [5.74, 6) is -0.515. The molecule has 1 amide bonds. The van der Waals surface area contributed by atoms with Crippen LogP contribution in [-0.2, 0) is 0 Å². The number of carbonyl (C=O) groups is 1. The van der Waals surface area contributed by atoms with Gasteiger partial charge in [-0.2, -0.15) is 0 Å². The van der Waals surface area contributed by atoms with E-state index in [0.717, 1.165) is 12.5 Å². The van der Waals surface area contributed by atoms with Crippen LogP contribution >= 0.6 is 0 Å². The van der Waals surface area contributed by atoms with Crippen LogP contribution in [0.5, 0.6) is 5.75 Å². The summed E-state index contributed by atoms with van der Waals surface area (Å²) in [4.78, 5) is 12.0. The summed E-state index contributed by atoms with van der Waals surface area (Å²) in [5, 5.41) is 2.64. The van der Waals surface area contributed by atoms with Crippen molar-refractivity contribution in [1.82, 2.24) is 0 Å². The lowest BCUT2D eigenvalue weighted by Crippen LogP contribution is -2.14. The first kappa shape index (κ1) is 14.8. The van der Waals surface area contributed by atoms with E-state index in [9.17, 15) is 9.18 Å². The summed E-state index contributed by atoms with van der Waals surface area (Å²) < 4.78 is 19.2. The minimum atomic E-state index is -0.647. The van der Waals surface area contributed by atoms with Gasteiger partial charge in [-0.05, 0) is 36.8 Å². The topological polar surface area (TPSA) is 64.3 Å². The highest BCUT2D eigenvalue weighted by Crippen LogP contribution is 2.19. The molecular formula is C16H17FN2O2. The van der Waals surface area contributed by atoms with Crippen molar-refractivity contribution in [3.63, 3.8) is 0 Å². The number of hydrogen-bond acceptors (Lipinski definition) is 3. The molecule has 110 valence electrons. The number of nitrogen functional groups attached to an aromatic ring is 1. The van der Waals surface area contributed by atoms with E-state index in [0.29, 0.717) is 18.0 Å².